The van der Waals surface area contributed by atoms with E-state index in [1.54, 1.807) is 11.1 Å². The van der Waals surface area contributed by atoms with Gasteiger partial charge in [-0.15, -0.1) is 0 Å². The Balaban J connectivity index is 1.56. The van der Waals surface area contributed by atoms with E-state index >= 15 is 0 Å². The second-order valence-electron chi connectivity index (χ2n) is 5.89. The monoisotopic (exact) mass is 244 g/mol. The number of nitrogens with two attached hydrogens (primary N) is 1. The maximum absolute atomic E-state index is 5.66. The predicted octanol–water partition coefficient (Wildman–Crippen LogP) is 2.21. The number of piperidine rings is 1. The minimum absolute atomic E-state index is 0.765. The summed E-state index contributed by atoms with van der Waals surface area (Å²) in [5, 5.41) is 0. The fourth-order valence-corrected chi connectivity index (χ4v) is 3.64. The molecule has 1 aromatic carbocycles. The number of likely N-dealkylation sites (tertiary alicyclic amines) is 1. The third-order valence-corrected chi connectivity index (χ3v) is 4.77. The van der Waals surface area contributed by atoms with Crippen molar-refractivity contribution in [2.45, 2.75) is 38.1 Å². The second-order valence-corrected chi connectivity index (χ2v) is 5.89. The highest BCUT2D eigenvalue weighted by atomic mass is 15.2. The van der Waals surface area contributed by atoms with Gasteiger partial charge in [0.1, 0.15) is 0 Å². The fraction of sp³-hybridized carbons (Fsp3) is 0.625. The summed E-state index contributed by atoms with van der Waals surface area (Å²) in [6.07, 6.45) is 6.45. The van der Waals surface area contributed by atoms with Crippen molar-refractivity contribution in [1.82, 2.24) is 4.90 Å². The number of rotatable bonds is 3. The van der Waals surface area contributed by atoms with Crippen LogP contribution in [-0.4, -0.2) is 30.6 Å². The van der Waals surface area contributed by atoms with E-state index in [1.807, 2.05) is 0 Å². The van der Waals surface area contributed by atoms with Crippen molar-refractivity contribution in [2.24, 2.45) is 11.7 Å². The third kappa shape index (κ3) is 2.45. The average Bonchev–Trinajstić information content (AvgIpc) is 2.84. The molecule has 0 bridgehead atoms. The Morgan fingerprint density at radius 2 is 1.67 bits per heavy atom. The van der Waals surface area contributed by atoms with Gasteiger partial charge in [-0.25, -0.2) is 0 Å². The van der Waals surface area contributed by atoms with Gasteiger partial charge in [-0.3, -0.25) is 4.90 Å². The molecule has 1 saturated heterocycles. The zero-order valence-electron chi connectivity index (χ0n) is 11.1. The first-order chi connectivity index (χ1) is 8.86. The summed E-state index contributed by atoms with van der Waals surface area (Å²) in [4.78, 5) is 2.72. The van der Waals surface area contributed by atoms with Gasteiger partial charge in [-0.2, -0.15) is 0 Å². The van der Waals surface area contributed by atoms with Crippen LogP contribution >= 0.6 is 0 Å². The van der Waals surface area contributed by atoms with Crippen LogP contribution in [-0.2, 0) is 12.8 Å². The molecule has 3 rings (SSSR count). The van der Waals surface area contributed by atoms with Crippen LogP contribution in [0.3, 0.4) is 0 Å². The molecule has 2 heteroatoms. The Kier molecular flexibility index (Phi) is 3.67. The quantitative estimate of drug-likeness (QED) is 0.883. The standard InChI is InChI=1S/C16H24N2/c17-8-5-13-6-9-18(10-7-13)16-11-14-3-1-2-4-15(14)12-16/h1-4,13,16H,5-12,17H2. The minimum Gasteiger partial charge on any atom is -0.330 e. The molecule has 1 aromatic rings. The average molecular weight is 244 g/mol. The van der Waals surface area contributed by atoms with Gasteiger partial charge < -0.3 is 5.73 Å². The first-order valence-electron chi connectivity index (χ1n) is 7.37. The molecule has 2 N–H and O–H groups in total. The second kappa shape index (κ2) is 5.41. The lowest BCUT2D eigenvalue weighted by Gasteiger charge is -2.36. The number of hydrogen-bond donors (Lipinski definition) is 1. The molecule has 2 nitrogen and oxygen atoms in total. The van der Waals surface area contributed by atoms with Crippen LogP contribution in [0.1, 0.15) is 30.4 Å². The first kappa shape index (κ1) is 12.2. The molecule has 0 unspecified atom stereocenters. The van der Waals surface area contributed by atoms with Crippen molar-refractivity contribution in [1.29, 1.82) is 0 Å². The molecule has 0 saturated carbocycles. The lowest BCUT2D eigenvalue weighted by molar-refractivity contribution is 0.133. The molecular weight excluding hydrogens is 220 g/mol. The molecule has 1 aliphatic carbocycles. The lowest BCUT2D eigenvalue weighted by atomic mass is 9.92. The molecule has 0 amide bonds. The third-order valence-electron chi connectivity index (χ3n) is 4.77. The normalized spacial score (nSPS) is 22.3. The van der Waals surface area contributed by atoms with Crippen LogP contribution in [0.15, 0.2) is 24.3 Å². The molecule has 0 radical (unpaired) electrons. The Bertz CT molecular complexity index is 369. The highest BCUT2D eigenvalue weighted by Crippen LogP contribution is 2.29. The Morgan fingerprint density at radius 3 is 2.22 bits per heavy atom. The van der Waals surface area contributed by atoms with Gasteiger partial charge in [0, 0.05) is 6.04 Å². The molecule has 1 heterocycles. The maximum atomic E-state index is 5.66. The van der Waals surface area contributed by atoms with Crippen molar-refractivity contribution in [3.63, 3.8) is 0 Å². The van der Waals surface area contributed by atoms with E-state index in [2.05, 4.69) is 29.2 Å². The van der Waals surface area contributed by atoms with Crippen LogP contribution in [0.2, 0.25) is 0 Å². The first-order valence-corrected chi connectivity index (χ1v) is 7.37. The summed E-state index contributed by atoms with van der Waals surface area (Å²) < 4.78 is 0. The molecule has 0 spiro atoms. The van der Waals surface area contributed by atoms with Crippen molar-refractivity contribution in [2.75, 3.05) is 19.6 Å². The predicted molar refractivity (Wildman–Crippen MR) is 75.6 cm³/mol. The lowest BCUT2D eigenvalue weighted by Crippen LogP contribution is -2.42. The largest absolute Gasteiger partial charge is 0.330 e. The number of benzene rings is 1. The molecule has 18 heavy (non-hydrogen) atoms. The molecule has 98 valence electrons. The van der Waals surface area contributed by atoms with E-state index < -0.39 is 0 Å². The van der Waals surface area contributed by atoms with Crippen molar-refractivity contribution >= 4 is 0 Å². The zero-order valence-corrected chi connectivity index (χ0v) is 11.1. The minimum atomic E-state index is 0.765. The van der Waals surface area contributed by atoms with E-state index in [1.165, 1.54) is 45.2 Å². The molecule has 1 fully saturated rings. The summed E-state index contributed by atoms with van der Waals surface area (Å²) in [5.41, 5.74) is 8.81. The maximum Gasteiger partial charge on any atom is 0.0176 e. The molecular formula is C16H24N2. The molecule has 0 atom stereocenters. The molecule has 0 aromatic heterocycles. The Hall–Kier alpha value is -0.860. The molecule has 2 aliphatic rings. The van der Waals surface area contributed by atoms with Crippen molar-refractivity contribution in [3.8, 4) is 0 Å². The number of nitrogens with zero attached hydrogens (tertiary/aromatic N) is 1. The smallest absolute Gasteiger partial charge is 0.0176 e. The number of fused-ring (bicyclic) bond motifs is 1. The van der Waals surface area contributed by atoms with Crippen LogP contribution < -0.4 is 5.73 Å². The number of hydrogen-bond acceptors (Lipinski definition) is 2. The Morgan fingerprint density at radius 1 is 1.06 bits per heavy atom. The van der Waals surface area contributed by atoms with E-state index in [0.717, 1.165) is 18.5 Å². The van der Waals surface area contributed by atoms with E-state index in [0.29, 0.717) is 0 Å². The fourth-order valence-electron chi connectivity index (χ4n) is 3.64. The van der Waals surface area contributed by atoms with Gasteiger partial charge >= 0.3 is 0 Å². The molecule has 1 aliphatic heterocycles. The van der Waals surface area contributed by atoms with Crippen molar-refractivity contribution in [3.05, 3.63) is 35.4 Å². The van der Waals surface area contributed by atoms with Gasteiger partial charge in [-0.1, -0.05) is 24.3 Å². The summed E-state index contributed by atoms with van der Waals surface area (Å²) in [6, 6.07) is 9.72. The van der Waals surface area contributed by atoms with Gasteiger partial charge in [0.15, 0.2) is 0 Å². The SMILES string of the molecule is NCCC1CCN(C2Cc3ccccc3C2)CC1. The summed E-state index contributed by atoms with van der Waals surface area (Å²) in [7, 11) is 0. The summed E-state index contributed by atoms with van der Waals surface area (Å²) in [6.45, 7) is 3.42. The Labute approximate surface area is 110 Å². The van der Waals surface area contributed by atoms with Crippen LogP contribution in [0, 0.1) is 5.92 Å². The van der Waals surface area contributed by atoms with E-state index in [9.17, 15) is 0 Å². The van der Waals surface area contributed by atoms with Gasteiger partial charge in [-0.05, 0) is 68.8 Å². The van der Waals surface area contributed by atoms with Crippen LogP contribution in [0.5, 0.6) is 0 Å². The zero-order chi connectivity index (χ0) is 12.4. The highest BCUT2D eigenvalue weighted by Gasteiger charge is 2.29. The topological polar surface area (TPSA) is 29.3 Å². The van der Waals surface area contributed by atoms with Gasteiger partial charge in [0.2, 0.25) is 0 Å². The summed E-state index contributed by atoms with van der Waals surface area (Å²) in [5.74, 6) is 0.884. The van der Waals surface area contributed by atoms with Crippen molar-refractivity contribution < 1.29 is 0 Å². The van der Waals surface area contributed by atoms with Gasteiger partial charge in [0.25, 0.3) is 0 Å². The van der Waals surface area contributed by atoms with Crippen LogP contribution in [0.4, 0.5) is 0 Å². The van der Waals surface area contributed by atoms with E-state index in [4.69, 9.17) is 5.73 Å². The van der Waals surface area contributed by atoms with Crippen LogP contribution in [0.25, 0.3) is 0 Å². The highest BCUT2D eigenvalue weighted by molar-refractivity contribution is 5.33. The van der Waals surface area contributed by atoms with Gasteiger partial charge in [0.05, 0.1) is 0 Å². The van der Waals surface area contributed by atoms with E-state index in [-0.39, 0.29) is 0 Å². The summed E-state index contributed by atoms with van der Waals surface area (Å²) >= 11 is 0.